The summed E-state index contributed by atoms with van der Waals surface area (Å²) < 4.78 is 40.5. The van der Waals surface area contributed by atoms with E-state index in [0.29, 0.717) is 50.9 Å². The molecule has 0 unspecified atom stereocenters. The number of rotatable bonds is 16. The third-order valence-electron chi connectivity index (χ3n) is 16.2. The Morgan fingerprint density at radius 1 is 0.919 bits per heavy atom. The minimum absolute atomic E-state index is 0.0397. The summed E-state index contributed by atoms with van der Waals surface area (Å²) >= 11 is 0. The number of ketones is 1. The highest BCUT2D eigenvalue weighted by Crippen LogP contribution is 2.40. The normalized spacial score (nSPS) is 37.2. The van der Waals surface area contributed by atoms with E-state index in [4.69, 9.17) is 28.4 Å². The van der Waals surface area contributed by atoms with Gasteiger partial charge < -0.3 is 58.6 Å². The Bertz CT molecular complexity index is 2240. The summed E-state index contributed by atoms with van der Waals surface area (Å²) in [6.45, 7) is 19.7. The van der Waals surface area contributed by atoms with Crippen LogP contribution in [0.2, 0.25) is 0 Å². The zero-order chi connectivity index (χ0) is 54.3. The maximum absolute atomic E-state index is 14.5. The molecule has 3 aromatic rings. The topological polar surface area (TPSA) is 233 Å². The van der Waals surface area contributed by atoms with Crippen LogP contribution in [0.4, 0.5) is 0 Å². The van der Waals surface area contributed by atoms with Crippen molar-refractivity contribution in [3.63, 3.8) is 0 Å². The number of hydrogen-bond donors (Lipinski definition) is 4. The average molecular weight is 1040 g/mol. The van der Waals surface area contributed by atoms with Gasteiger partial charge in [0.15, 0.2) is 18.4 Å². The lowest BCUT2D eigenvalue weighted by Crippen LogP contribution is -2.59. The van der Waals surface area contributed by atoms with Gasteiger partial charge in [-0.15, -0.1) is 5.10 Å². The smallest absolute Gasteiger partial charge is 0.311 e. The van der Waals surface area contributed by atoms with E-state index in [-0.39, 0.29) is 43.1 Å². The molecule has 1 aromatic carbocycles. The molecule has 19 heteroatoms. The molecule has 0 aliphatic carbocycles. The number of aryl methyl sites for hydroxylation is 1. The summed E-state index contributed by atoms with van der Waals surface area (Å²) in [6.07, 6.45) is 2.57. The number of aliphatic hydroxyl groups excluding tert-OH is 2. The SMILES string of the molecule is CC[C@H]1OC(=O)[C@H](C)[C@@H](O[C@H]2C[C@@](C)(OC)[C@@H](O)[C@H](C)O2)[C@H](C)[C@@H](O[C@H]2C[C@@H](N(C)CCc3cn(CCCC(=O)c4ccc(-c5cncnc5)cc4)nn3)C[C@@H](C)O2)[C@](C)(O)C[C@@H](C)CN(C)[C@H](C)[C@@H](O)[C@]1(C)O. The maximum Gasteiger partial charge on any atom is 0.311 e. The molecule has 6 rings (SSSR count). The van der Waals surface area contributed by atoms with Crippen molar-refractivity contribution in [2.45, 2.75) is 211 Å². The van der Waals surface area contributed by atoms with Gasteiger partial charge in [0, 0.05) is 100 Å². The number of likely N-dealkylation sites (N-methyl/N-ethyl adjacent to an activating group) is 2. The molecule has 0 saturated carbocycles. The maximum atomic E-state index is 14.5. The molecule has 74 heavy (non-hydrogen) atoms. The van der Waals surface area contributed by atoms with Crippen LogP contribution < -0.4 is 0 Å². The molecule has 3 fully saturated rings. The monoisotopic (exact) mass is 1040 g/mol. The van der Waals surface area contributed by atoms with Crippen molar-refractivity contribution in [3.05, 3.63) is 60.4 Å². The Morgan fingerprint density at radius 3 is 2.27 bits per heavy atom. The van der Waals surface area contributed by atoms with E-state index in [1.165, 1.54) is 20.4 Å². The highest BCUT2D eigenvalue weighted by Gasteiger charge is 2.52. The Labute approximate surface area is 438 Å². The number of carbonyl (C=O) groups is 2. The molecule has 3 aliphatic rings. The Balaban J connectivity index is 1.17. The fraction of sp³-hybridized carbons (Fsp3) is 0.745. The van der Waals surface area contributed by atoms with Crippen molar-refractivity contribution in [3.8, 4) is 11.1 Å². The molecule has 4 N–H and O–H groups in total. The molecule has 414 valence electrons. The molecule has 3 saturated heterocycles. The number of aromatic nitrogens is 5. The first-order valence-corrected chi connectivity index (χ1v) is 26.7. The number of hydrogen-bond acceptors (Lipinski definition) is 18. The molecule has 0 radical (unpaired) electrons. The van der Waals surface area contributed by atoms with Crippen molar-refractivity contribution >= 4 is 11.8 Å². The van der Waals surface area contributed by atoms with E-state index in [1.54, 1.807) is 51.7 Å². The van der Waals surface area contributed by atoms with Crippen molar-refractivity contribution in [1.82, 2.24) is 34.8 Å². The van der Waals surface area contributed by atoms with Gasteiger partial charge in [-0.3, -0.25) is 14.3 Å². The van der Waals surface area contributed by atoms with Gasteiger partial charge in [-0.25, -0.2) is 9.97 Å². The van der Waals surface area contributed by atoms with Crippen molar-refractivity contribution in [2.24, 2.45) is 17.8 Å². The summed E-state index contributed by atoms with van der Waals surface area (Å²) in [6, 6.07) is 6.99. The van der Waals surface area contributed by atoms with Crippen molar-refractivity contribution in [2.75, 3.05) is 34.3 Å². The molecule has 0 bridgehead atoms. The van der Waals surface area contributed by atoms with Gasteiger partial charge >= 0.3 is 5.97 Å². The Morgan fingerprint density at radius 2 is 1.61 bits per heavy atom. The van der Waals surface area contributed by atoms with E-state index < -0.39 is 89.9 Å². The molecule has 2 aromatic heterocycles. The van der Waals surface area contributed by atoms with Crippen LogP contribution in [0.1, 0.15) is 130 Å². The molecule has 3 aliphatic heterocycles. The Kier molecular flexibility index (Phi) is 20.5. The van der Waals surface area contributed by atoms with Crippen molar-refractivity contribution in [1.29, 1.82) is 0 Å². The lowest BCUT2D eigenvalue weighted by atomic mass is 9.77. The number of ether oxygens (including phenoxy) is 6. The van der Waals surface area contributed by atoms with Gasteiger partial charge in [-0.05, 0) is 99.7 Å². The largest absolute Gasteiger partial charge is 0.459 e. The molecule has 19 nitrogen and oxygen atoms in total. The van der Waals surface area contributed by atoms with Crippen LogP contribution >= 0.6 is 0 Å². The molecular weight excluding hydrogens is 951 g/mol. The number of cyclic esters (lactones) is 1. The summed E-state index contributed by atoms with van der Waals surface area (Å²) in [5.41, 5.74) is -1.03. The number of aliphatic hydroxyl groups is 4. The van der Waals surface area contributed by atoms with E-state index >= 15 is 0 Å². The Hall–Kier alpha value is -3.86. The number of benzene rings is 1. The number of carbonyl (C=O) groups excluding carboxylic acids is 2. The quantitative estimate of drug-likeness (QED) is 0.106. The zero-order valence-corrected chi connectivity index (χ0v) is 46.2. The van der Waals surface area contributed by atoms with Gasteiger partial charge in [0.25, 0.3) is 0 Å². The summed E-state index contributed by atoms with van der Waals surface area (Å²) in [5, 5.41) is 56.3. The van der Waals surface area contributed by atoms with Crippen LogP contribution in [-0.4, -0.2) is 185 Å². The molecule has 17 atom stereocenters. The van der Waals surface area contributed by atoms with Crippen molar-refractivity contribution < 1.29 is 58.4 Å². The second-order valence-electron chi connectivity index (χ2n) is 22.5. The van der Waals surface area contributed by atoms with Gasteiger partial charge in [0.05, 0.1) is 47.2 Å². The predicted molar refractivity (Wildman–Crippen MR) is 276 cm³/mol. The molecule has 5 heterocycles. The highest BCUT2D eigenvalue weighted by molar-refractivity contribution is 5.96. The number of esters is 1. The zero-order valence-electron chi connectivity index (χ0n) is 46.2. The highest BCUT2D eigenvalue weighted by atomic mass is 16.7. The fourth-order valence-electron chi connectivity index (χ4n) is 11.5. The lowest BCUT2D eigenvalue weighted by Gasteiger charge is -2.48. The van der Waals surface area contributed by atoms with Gasteiger partial charge in [0.1, 0.15) is 30.2 Å². The lowest BCUT2D eigenvalue weighted by molar-refractivity contribution is -0.308. The van der Waals surface area contributed by atoms with Gasteiger partial charge in [-0.2, -0.15) is 0 Å². The van der Waals surface area contributed by atoms with Crippen LogP contribution in [0, 0.1) is 17.8 Å². The second-order valence-corrected chi connectivity index (χ2v) is 22.5. The molecule has 0 spiro atoms. The second kappa shape index (κ2) is 25.5. The van der Waals surface area contributed by atoms with Crippen LogP contribution in [0.15, 0.2) is 49.2 Å². The van der Waals surface area contributed by atoms with Gasteiger partial charge in [0.2, 0.25) is 0 Å². The third kappa shape index (κ3) is 14.6. The summed E-state index contributed by atoms with van der Waals surface area (Å²) in [4.78, 5) is 39.9. The van der Waals surface area contributed by atoms with Crippen LogP contribution in [0.3, 0.4) is 0 Å². The molecular formula is C55H87N7O12. The van der Waals surface area contributed by atoms with Crippen LogP contribution in [-0.2, 0) is 46.2 Å². The fourth-order valence-corrected chi connectivity index (χ4v) is 11.5. The van der Waals surface area contributed by atoms with Crippen LogP contribution in [0.5, 0.6) is 0 Å². The first-order valence-electron chi connectivity index (χ1n) is 26.7. The first kappa shape index (κ1) is 59.4. The number of Topliss-reactive ketones (excluding diaryl/α,β-unsaturated/α-hetero) is 1. The average Bonchev–Trinajstić information content (AvgIpc) is 3.83. The minimum atomic E-state index is -1.81. The summed E-state index contributed by atoms with van der Waals surface area (Å²) in [7, 11) is 5.46. The minimum Gasteiger partial charge on any atom is -0.459 e. The molecule has 0 amide bonds. The summed E-state index contributed by atoms with van der Waals surface area (Å²) in [5.74, 6) is -2.44. The van der Waals surface area contributed by atoms with E-state index in [1.807, 2.05) is 70.1 Å². The predicted octanol–water partition coefficient (Wildman–Crippen LogP) is 5.25. The van der Waals surface area contributed by atoms with E-state index in [2.05, 4.69) is 32.2 Å². The standard InChI is InChI=1S/C55H87N7O12/c1-14-45-55(10,68)49(64)37(6)61(12)30-33(2)26-53(8,67)51(35(4)48(36(5)52(66)72-45)73-47-27-54(9,69-13)50(65)38(7)71-47)74-46-25-43(24-34(3)70-46)60(11)23-21-42-31-62(59-58-42)22-15-16-44(63)40-19-17-39(18-20-40)41-28-56-32-57-29-41/h17-20,28-29,31-38,43,45-51,64-65,67-68H,14-16,21-27,30H2,1-13H3/t33-,34-,35+,36-,37-,38+,43+,45-,46+,47+,48+,49-,50+,51-,53-,54-,55-/m1/s1. The first-order chi connectivity index (χ1) is 34.9. The number of nitrogens with zero attached hydrogens (tertiary/aromatic N) is 7. The van der Waals surface area contributed by atoms with Gasteiger partial charge in [-0.1, -0.05) is 50.3 Å². The van der Waals surface area contributed by atoms with E-state index in [9.17, 15) is 30.0 Å². The van der Waals surface area contributed by atoms with E-state index in [0.717, 1.165) is 23.2 Å². The van der Waals surface area contributed by atoms with Crippen LogP contribution in [0.25, 0.3) is 11.1 Å². The third-order valence-corrected chi connectivity index (χ3v) is 16.2. The number of methoxy groups -OCH3 is 1.